The number of carbonyl (C=O) groups is 1. The van der Waals surface area contributed by atoms with Gasteiger partial charge in [0.1, 0.15) is 0 Å². The highest BCUT2D eigenvalue weighted by Crippen LogP contribution is 2.22. The molecular formula is C17H15N5OS2. The molecule has 1 N–H and O–H groups in total. The molecule has 0 saturated heterocycles. The van der Waals surface area contributed by atoms with Crippen LogP contribution in [0.1, 0.15) is 26.6 Å². The van der Waals surface area contributed by atoms with Crippen LogP contribution in [0, 0.1) is 13.8 Å². The lowest BCUT2D eigenvalue weighted by atomic mass is 10.1. The predicted octanol–water partition coefficient (Wildman–Crippen LogP) is 3.87. The molecule has 0 unspecified atom stereocenters. The van der Waals surface area contributed by atoms with Crippen molar-refractivity contribution in [2.75, 3.05) is 5.32 Å². The molecule has 0 radical (unpaired) electrons. The molecular weight excluding hydrogens is 354 g/mol. The van der Waals surface area contributed by atoms with E-state index in [0.29, 0.717) is 22.9 Å². The smallest absolute Gasteiger partial charge is 0.258 e. The van der Waals surface area contributed by atoms with Crippen LogP contribution in [0.15, 0.2) is 35.2 Å². The van der Waals surface area contributed by atoms with Crippen molar-refractivity contribution in [1.82, 2.24) is 19.7 Å². The van der Waals surface area contributed by atoms with Crippen LogP contribution in [0.25, 0.3) is 11.0 Å². The lowest BCUT2D eigenvalue weighted by Gasteiger charge is -2.06. The second-order valence-electron chi connectivity index (χ2n) is 5.68. The number of thiophene rings is 1. The minimum atomic E-state index is -0.194. The Bertz CT molecular complexity index is 1050. The lowest BCUT2D eigenvalue weighted by molar-refractivity contribution is 0.102. The number of fused-ring (bicyclic) bond motifs is 1. The summed E-state index contributed by atoms with van der Waals surface area (Å²) in [6.45, 7) is 4.42. The van der Waals surface area contributed by atoms with E-state index in [2.05, 4.69) is 26.4 Å². The zero-order valence-electron chi connectivity index (χ0n) is 13.7. The van der Waals surface area contributed by atoms with Crippen LogP contribution >= 0.6 is 22.7 Å². The first-order valence-corrected chi connectivity index (χ1v) is 9.45. The summed E-state index contributed by atoms with van der Waals surface area (Å²) in [4.78, 5) is 22.8. The number of amides is 1. The van der Waals surface area contributed by atoms with Crippen molar-refractivity contribution in [3.05, 3.63) is 57.0 Å². The molecule has 4 aromatic rings. The van der Waals surface area contributed by atoms with Crippen LogP contribution < -0.4 is 5.32 Å². The highest BCUT2D eigenvalue weighted by Gasteiger charge is 2.17. The Balaban J connectivity index is 1.71. The van der Waals surface area contributed by atoms with E-state index < -0.39 is 0 Å². The second-order valence-corrected chi connectivity index (χ2v) is 7.57. The summed E-state index contributed by atoms with van der Waals surface area (Å²) in [6, 6.07) is 5.86. The van der Waals surface area contributed by atoms with Gasteiger partial charge in [-0.25, -0.2) is 14.6 Å². The molecule has 0 aliphatic carbocycles. The zero-order valence-corrected chi connectivity index (χ0v) is 15.3. The quantitative estimate of drug-likeness (QED) is 0.593. The molecule has 0 saturated carbocycles. The van der Waals surface area contributed by atoms with Gasteiger partial charge in [-0.1, -0.05) is 6.07 Å². The molecule has 0 aliphatic rings. The fraction of sp³-hybridized carbons (Fsp3) is 0.176. The minimum absolute atomic E-state index is 0.194. The fourth-order valence-electron chi connectivity index (χ4n) is 2.60. The number of rotatable bonds is 4. The molecule has 0 spiro atoms. The van der Waals surface area contributed by atoms with E-state index in [1.165, 1.54) is 16.2 Å². The number of nitrogens with zero attached hydrogens (tertiary/aromatic N) is 4. The van der Waals surface area contributed by atoms with Gasteiger partial charge in [0.05, 0.1) is 29.4 Å². The fourth-order valence-corrected chi connectivity index (χ4v) is 3.97. The number of aromatic nitrogens is 4. The van der Waals surface area contributed by atoms with Gasteiger partial charge in [-0.05, 0) is 31.4 Å². The third-order valence-electron chi connectivity index (χ3n) is 3.71. The largest absolute Gasteiger partial charge is 0.298 e. The molecule has 4 heterocycles. The Hall–Kier alpha value is -2.58. The van der Waals surface area contributed by atoms with E-state index in [4.69, 9.17) is 0 Å². The van der Waals surface area contributed by atoms with Crippen LogP contribution in [-0.2, 0) is 6.54 Å². The highest BCUT2D eigenvalue weighted by molar-refractivity contribution is 7.14. The van der Waals surface area contributed by atoms with Gasteiger partial charge in [0, 0.05) is 16.0 Å². The first-order valence-electron chi connectivity index (χ1n) is 7.69. The molecule has 0 aliphatic heterocycles. The molecule has 4 rings (SSSR count). The van der Waals surface area contributed by atoms with Gasteiger partial charge < -0.3 is 0 Å². The Morgan fingerprint density at radius 3 is 2.84 bits per heavy atom. The number of pyridine rings is 1. The van der Waals surface area contributed by atoms with E-state index >= 15 is 0 Å². The average molecular weight is 369 g/mol. The standard InChI is InChI=1S/C17H15N5OS2/c1-10-6-13(16(23)21-17-20-11(2)9-25-17)14-7-18-22(15(14)19-10)8-12-4-3-5-24-12/h3-7,9H,8H2,1-2H3,(H,20,21,23). The van der Waals surface area contributed by atoms with Crippen LogP contribution in [0.4, 0.5) is 5.13 Å². The van der Waals surface area contributed by atoms with Crippen molar-refractivity contribution in [1.29, 1.82) is 0 Å². The summed E-state index contributed by atoms with van der Waals surface area (Å²) in [5.41, 5.74) is 2.95. The molecule has 25 heavy (non-hydrogen) atoms. The first kappa shape index (κ1) is 15.9. The SMILES string of the molecule is Cc1csc(NC(=O)c2cc(C)nc3c2cnn3Cc2cccs2)n1. The first-order chi connectivity index (χ1) is 12.1. The maximum atomic E-state index is 12.7. The van der Waals surface area contributed by atoms with E-state index in [9.17, 15) is 4.79 Å². The van der Waals surface area contributed by atoms with Crippen LogP contribution in [0.5, 0.6) is 0 Å². The number of nitrogens with one attached hydrogen (secondary N) is 1. The normalized spacial score (nSPS) is 11.1. The highest BCUT2D eigenvalue weighted by atomic mass is 32.1. The lowest BCUT2D eigenvalue weighted by Crippen LogP contribution is -2.13. The summed E-state index contributed by atoms with van der Waals surface area (Å²) in [7, 11) is 0. The van der Waals surface area contributed by atoms with Gasteiger partial charge in [-0.15, -0.1) is 22.7 Å². The predicted molar refractivity (Wildman–Crippen MR) is 100 cm³/mol. The van der Waals surface area contributed by atoms with Crippen LogP contribution in [0.3, 0.4) is 0 Å². The number of carbonyl (C=O) groups excluding carboxylic acids is 1. The summed E-state index contributed by atoms with van der Waals surface area (Å²) in [6.07, 6.45) is 1.71. The molecule has 126 valence electrons. The van der Waals surface area contributed by atoms with E-state index in [1.54, 1.807) is 23.6 Å². The van der Waals surface area contributed by atoms with E-state index in [-0.39, 0.29) is 5.91 Å². The van der Waals surface area contributed by atoms with Gasteiger partial charge in [0.25, 0.3) is 5.91 Å². The van der Waals surface area contributed by atoms with Crippen molar-refractivity contribution < 1.29 is 4.79 Å². The molecule has 0 bridgehead atoms. The molecule has 6 nitrogen and oxygen atoms in total. The minimum Gasteiger partial charge on any atom is -0.298 e. The third-order valence-corrected chi connectivity index (χ3v) is 5.44. The van der Waals surface area contributed by atoms with Gasteiger partial charge in [-0.3, -0.25) is 10.1 Å². The molecule has 8 heteroatoms. The third kappa shape index (κ3) is 3.18. The number of anilines is 1. The van der Waals surface area contributed by atoms with Crippen molar-refractivity contribution >= 4 is 44.7 Å². The van der Waals surface area contributed by atoms with Crippen molar-refractivity contribution in [3.8, 4) is 0 Å². The molecule has 0 atom stereocenters. The Morgan fingerprint density at radius 2 is 2.12 bits per heavy atom. The molecule has 0 fully saturated rings. The van der Waals surface area contributed by atoms with E-state index in [0.717, 1.165) is 16.8 Å². The van der Waals surface area contributed by atoms with E-state index in [1.807, 2.05) is 35.4 Å². The van der Waals surface area contributed by atoms with Crippen molar-refractivity contribution in [2.45, 2.75) is 20.4 Å². The maximum absolute atomic E-state index is 12.7. The molecule has 4 aromatic heterocycles. The van der Waals surface area contributed by atoms with Crippen LogP contribution in [0.2, 0.25) is 0 Å². The monoisotopic (exact) mass is 369 g/mol. The Morgan fingerprint density at radius 1 is 1.24 bits per heavy atom. The number of hydrogen-bond acceptors (Lipinski definition) is 6. The van der Waals surface area contributed by atoms with Crippen LogP contribution in [-0.4, -0.2) is 25.7 Å². The Kier molecular flexibility index (Phi) is 4.06. The maximum Gasteiger partial charge on any atom is 0.258 e. The molecule has 1 amide bonds. The number of thiazole rings is 1. The Labute approximate surface area is 152 Å². The van der Waals surface area contributed by atoms with Gasteiger partial charge in [0.15, 0.2) is 10.8 Å². The van der Waals surface area contributed by atoms with Crippen molar-refractivity contribution in [2.24, 2.45) is 0 Å². The second kappa shape index (κ2) is 6.38. The molecule has 0 aromatic carbocycles. The van der Waals surface area contributed by atoms with Gasteiger partial charge in [-0.2, -0.15) is 5.10 Å². The number of hydrogen-bond donors (Lipinski definition) is 1. The average Bonchev–Trinajstić information content (AvgIpc) is 3.30. The van der Waals surface area contributed by atoms with Crippen molar-refractivity contribution in [3.63, 3.8) is 0 Å². The van der Waals surface area contributed by atoms with Gasteiger partial charge >= 0.3 is 0 Å². The summed E-state index contributed by atoms with van der Waals surface area (Å²) in [5.74, 6) is -0.194. The topological polar surface area (TPSA) is 72.7 Å². The summed E-state index contributed by atoms with van der Waals surface area (Å²) in [5, 5.41) is 12.6. The van der Waals surface area contributed by atoms with Gasteiger partial charge in [0.2, 0.25) is 0 Å². The summed E-state index contributed by atoms with van der Waals surface area (Å²) >= 11 is 3.09. The zero-order chi connectivity index (χ0) is 17.4. The summed E-state index contributed by atoms with van der Waals surface area (Å²) < 4.78 is 1.83. The number of aryl methyl sites for hydroxylation is 2.